The van der Waals surface area contributed by atoms with Gasteiger partial charge >= 0.3 is 5.97 Å². The Labute approximate surface area is 204 Å². The number of aliphatic carboxylic acids is 1. The highest BCUT2D eigenvalue weighted by molar-refractivity contribution is 5.72. The summed E-state index contributed by atoms with van der Waals surface area (Å²) in [7, 11) is 5.54. The molecular formula is C25H30FN5O4. The van der Waals surface area contributed by atoms with Crippen molar-refractivity contribution in [3.05, 3.63) is 59.9 Å². The van der Waals surface area contributed by atoms with E-state index in [1.54, 1.807) is 36.1 Å². The van der Waals surface area contributed by atoms with Gasteiger partial charge in [0, 0.05) is 39.7 Å². The Balaban J connectivity index is 1.62. The summed E-state index contributed by atoms with van der Waals surface area (Å²) in [6, 6.07) is 13.3. The van der Waals surface area contributed by atoms with Crippen LogP contribution in [0.2, 0.25) is 0 Å². The average Bonchev–Trinajstić information content (AvgIpc) is 2.84. The minimum Gasteiger partial charge on any atom is -0.492 e. The molecule has 3 rings (SSSR count). The maximum atomic E-state index is 13.3. The van der Waals surface area contributed by atoms with E-state index in [9.17, 15) is 14.3 Å². The number of aromatic nitrogens is 3. The molecule has 0 aliphatic carbocycles. The summed E-state index contributed by atoms with van der Waals surface area (Å²) in [5.74, 6) is 0.778. The second-order valence-electron chi connectivity index (χ2n) is 8.06. The van der Waals surface area contributed by atoms with Crippen molar-refractivity contribution in [3.8, 4) is 17.1 Å². The fourth-order valence-electron chi connectivity index (χ4n) is 3.21. The number of hydrogen-bond donors (Lipinski definition) is 1. The van der Waals surface area contributed by atoms with E-state index in [1.807, 2.05) is 38.2 Å². The maximum Gasteiger partial charge on any atom is 0.333 e. The van der Waals surface area contributed by atoms with Gasteiger partial charge in [0.15, 0.2) is 11.9 Å². The van der Waals surface area contributed by atoms with Crippen molar-refractivity contribution in [2.24, 2.45) is 0 Å². The lowest BCUT2D eigenvalue weighted by atomic mass is 10.1. The third kappa shape index (κ3) is 7.35. The average molecular weight is 484 g/mol. The molecule has 0 amide bonds. The van der Waals surface area contributed by atoms with Crippen molar-refractivity contribution in [3.63, 3.8) is 0 Å². The molecule has 0 saturated carbocycles. The number of ether oxygens (including phenoxy) is 2. The molecule has 0 spiro atoms. The van der Waals surface area contributed by atoms with Gasteiger partial charge in [0.1, 0.15) is 18.2 Å². The molecule has 1 atom stereocenters. The van der Waals surface area contributed by atoms with Gasteiger partial charge in [-0.15, -0.1) is 0 Å². The lowest BCUT2D eigenvalue weighted by molar-refractivity contribution is -0.149. The van der Waals surface area contributed by atoms with Crippen LogP contribution in [0.15, 0.2) is 48.5 Å². The number of halogens is 1. The second-order valence-corrected chi connectivity index (χ2v) is 8.06. The molecule has 9 nitrogen and oxygen atoms in total. The zero-order valence-electron chi connectivity index (χ0n) is 20.3. The molecule has 10 heteroatoms. The number of nitrogens with zero attached hydrogens (tertiary/aromatic N) is 5. The summed E-state index contributed by atoms with van der Waals surface area (Å²) in [6.07, 6.45) is -0.580. The van der Waals surface area contributed by atoms with Gasteiger partial charge in [-0.1, -0.05) is 12.1 Å². The van der Waals surface area contributed by atoms with E-state index in [0.29, 0.717) is 48.8 Å². The van der Waals surface area contributed by atoms with E-state index in [4.69, 9.17) is 9.47 Å². The third-order valence-corrected chi connectivity index (χ3v) is 5.14. The molecule has 35 heavy (non-hydrogen) atoms. The molecule has 2 aromatic carbocycles. The number of rotatable bonds is 12. The van der Waals surface area contributed by atoms with Gasteiger partial charge in [0.05, 0.1) is 6.54 Å². The van der Waals surface area contributed by atoms with E-state index < -0.39 is 12.1 Å². The molecule has 0 radical (unpaired) electrons. The molecule has 0 aliphatic heterocycles. The highest BCUT2D eigenvalue weighted by Gasteiger charge is 2.18. The fraction of sp³-hybridized carbons (Fsp3) is 0.360. The number of likely N-dealkylation sites (N-methyl/N-ethyl adjacent to an activating group) is 1. The SMILES string of the molecule is CCOC(Cc1ccc(OCCN(C)c2nc(-c3ccc(F)cc3)nc(N(C)C)n2)cc1)C(=O)O. The smallest absolute Gasteiger partial charge is 0.333 e. The first-order chi connectivity index (χ1) is 16.8. The Morgan fingerprint density at radius 1 is 1.00 bits per heavy atom. The van der Waals surface area contributed by atoms with Crippen molar-refractivity contribution in [2.45, 2.75) is 19.4 Å². The first kappa shape index (κ1) is 25.8. The van der Waals surface area contributed by atoms with E-state index in [0.717, 1.165) is 5.56 Å². The van der Waals surface area contributed by atoms with Gasteiger partial charge in [-0.05, 0) is 48.9 Å². The number of carboxylic acids is 1. The monoisotopic (exact) mass is 483 g/mol. The minimum absolute atomic E-state index is 0.288. The summed E-state index contributed by atoms with van der Waals surface area (Å²) in [5, 5.41) is 9.24. The summed E-state index contributed by atoms with van der Waals surface area (Å²) < 4.78 is 24.4. The Hall–Kier alpha value is -3.79. The van der Waals surface area contributed by atoms with Crippen molar-refractivity contribution in [1.82, 2.24) is 15.0 Å². The Morgan fingerprint density at radius 3 is 2.26 bits per heavy atom. The Bertz CT molecular complexity index is 1110. The zero-order chi connectivity index (χ0) is 25.4. The van der Waals surface area contributed by atoms with E-state index >= 15 is 0 Å². The van der Waals surface area contributed by atoms with Gasteiger partial charge in [-0.2, -0.15) is 15.0 Å². The predicted octanol–water partition coefficient (Wildman–Crippen LogP) is 3.29. The zero-order valence-corrected chi connectivity index (χ0v) is 20.3. The number of carboxylic acid groups (broad SMARTS) is 1. The lowest BCUT2D eigenvalue weighted by Gasteiger charge is -2.20. The quantitative estimate of drug-likeness (QED) is 0.416. The Morgan fingerprint density at radius 2 is 1.66 bits per heavy atom. The van der Waals surface area contributed by atoms with Gasteiger partial charge in [-0.25, -0.2) is 9.18 Å². The highest BCUT2D eigenvalue weighted by Crippen LogP contribution is 2.21. The van der Waals surface area contributed by atoms with Crippen LogP contribution in [0.4, 0.5) is 16.3 Å². The predicted molar refractivity (Wildman–Crippen MR) is 132 cm³/mol. The first-order valence-corrected chi connectivity index (χ1v) is 11.2. The van der Waals surface area contributed by atoms with Crippen LogP contribution in [0.5, 0.6) is 5.75 Å². The molecule has 1 aromatic heterocycles. The van der Waals surface area contributed by atoms with E-state index in [2.05, 4.69) is 15.0 Å². The minimum atomic E-state index is -0.978. The van der Waals surface area contributed by atoms with Crippen LogP contribution in [-0.4, -0.2) is 73.0 Å². The number of carbonyl (C=O) groups is 1. The maximum absolute atomic E-state index is 13.3. The normalized spacial score (nSPS) is 11.7. The standard InChI is InChI=1S/C25H30FN5O4/c1-5-34-21(23(32)33)16-17-6-12-20(13-7-17)35-15-14-31(4)25-28-22(27-24(29-25)30(2)3)18-8-10-19(26)11-9-18/h6-13,21H,5,14-16H2,1-4H3,(H,32,33). The second kappa shape index (κ2) is 12.1. The van der Waals surface area contributed by atoms with Crippen molar-refractivity contribution in [1.29, 1.82) is 0 Å². The molecule has 0 bridgehead atoms. The highest BCUT2D eigenvalue weighted by atomic mass is 19.1. The topological polar surface area (TPSA) is 101 Å². The van der Waals surface area contributed by atoms with Crippen molar-refractivity contribution >= 4 is 17.9 Å². The molecule has 1 unspecified atom stereocenters. The Kier molecular flexibility index (Phi) is 8.91. The summed E-state index contributed by atoms with van der Waals surface area (Å²) >= 11 is 0. The van der Waals surface area contributed by atoms with Gasteiger partial charge in [-0.3, -0.25) is 0 Å². The van der Waals surface area contributed by atoms with Crippen LogP contribution in [-0.2, 0) is 16.0 Å². The van der Waals surface area contributed by atoms with Crippen LogP contribution in [0.25, 0.3) is 11.4 Å². The molecule has 0 saturated heterocycles. The molecule has 3 aromatic rings. The number of benzene rings is 2. The largest absolute Gasteiger partial charge is 0.492 e. The van der Waals surface area contributed by atoms with E-state index in [-0.39, 0.29) is 12.2 Å². The van der Waals surface area contributed by atoms with Crippen molar-refractivity contribution < 1.29 is 23.8 Å². The molecule has 1 N–H and O–H groups in total. The van der Waals surface area contributed by atoms with Crippen LogP contribution in [0.1, 0.15) is 12.5 Å². The number of anilines is 2. The van der Waals surface area contributed by atoms with Gasteiger partial charge in [0.25, 0.3) is 0 Å². The molecule has 0 aliphatic rings. The summed E-state index contributed by atoms with van der Waals surface area (Å²) in [6.45, 7) is 2.99. The molecular weight excluding hydrogens is 453 g/mol. The fourth-order valence-corrected chi connectivity index (χ4v) is 3.21. The summed E-state index contributed by atoms with van der Waals surface area (Å²) in [4.78, 5) is 28.4. The van der Waals surface area contributed by atoms with Gasteiger partial charge in [0.2, 0.25) is 11.9 Å². The third-order valence-electron chi connectivity index (χ3n) is 5.14. The molecule has 1 heterocycles. The number of hydrogen-bond acceptors (Lipinski definition) is 8. The van der Waals surface area contributed by atoms with Crippen LogP contribution in [0.3, 0.4) is 0 Å². The summed E-state index contributed by atoms with van der Waals surface area (Å²) in [5.41, 5.74) is 1.54. The molecule has 0 fully saturated rings. The first-order valence-electron chi connectivity index (χ1n) is 11.2. The lowest BCUT2D eigenvalue weighted by Crippen LogP contribution is -2.27. The van der Waals surface area contributed by atoms with Crippen LogP contribution < -0.4 is 14.5 Å². The van der Waals surface area contributed by atoms with Crippen LogP contribution >= 0.6 is 0 Å². The van der Waals surface area contributed by atoms with Gasteiger partial charge < -0.3 is 24.4 Å². The van der Waals surface area contributed by atoms with E-state index in [1.165, 1.54) is 12.1 Å². The van der Waals surface area contributed by atoms with Crippen molar-refractivity contribution in [2.75, 3.05) is 50.7 Å². The van der Waals surface area contributed by atoms with Crippen LogP contribution in [0, 0.1) is 5.82 Å². The molecule has 186 valence electrons.